The van der Waals surface area contributed by atoms with E-state index in [4.69, 9.17) is 4.98 Å². The molecule has 1 N–H and O–H groups in total. The maximum absolute atomic E-state index is 4.95. The lowest BCUT2D eigenvalue weighted by molar-refractivity contribution is 0.265. The summed E-state index contributed by atoms with van der Waals surface area (Å²) in [5, 5.41) is 4.65. The van der Waals surface area contributed by atoms with Crippen LogP contribution in [0.2, 0.25) is 0 Å². The molecule has 4 heteroatoms. The summed E-state index contributed by atoms with van der Waals surface area (Å²) in [7, 11) is 4.24. The highest BCUT2D eigenvalue weighted by Gasteiger charge is 2.35. The zero-order chi connectivity index (χ0) is 15.1. The Morgan fingerprint density at radius 1 is 1.35 bits per heavy atom. The molecule has 1 aliphatic rings. The van der Waals surface area contributed by atoms with Crippen LogP contribution >= 0.6 is 11.3 Å². The van der Waals surface area contributed by atoms with Gasteiger partial charge in [-0.25, -0.2) is 4.98 Å². The molecule has 0 radical (unpaired) electrons. The topological polar surface area (TPSA) is 28.2 Å². The summed E-state index contributed by atoms with van der Waals surface area (Å²) in [6.45, 7) is 11.5. The van der Waals surface area contributed by atoms with Crippen molar-refractivity contribution in [1.82, 2.24) is 10.3 Å². The monoisotopic (exact) mass is 295 g/mol. The van der Waals surface area contributed by atoms with Crippen molar-refractivity contribution in [2.45, 2.75) is 59.5 Å². The van der Waals surface area contributed by atoms with Crippen molar-refractivity contribution in [1.29, 1.82) is 0 Å². The van der Waals surface area contributed by atoms with E-state index in [-0.39, 0.29) is 0 Å². The minimum atomic E-state index is 0.342. The Kier molecular flexibility index (Phi) is 4.45. The van der Waals surface area contributed by atoms with Gasteiger partial charge in [0, 0.05) is 24.0 Å². The van der Waals surface area contributed by atoms with Gasteiger partial charge in [-0.15, -0.1) is 0 Å². The maximum atomic E-state index is 4.95. The first kappa shape index (κ1) is 15.8. The Balaban J connectivity index is 2.31. The molecule has 0 fully saturated rings. The standard InChI is InChI=1S/C16H29N3S/c1-10(2)11(3)19(7)15-18-13-9-16(4,5)8-12(17-6)14(13)20-15/h10-12,17H,8-9H2,1-7H3. The van der Waals surface area contributed by atoms with Crippen LogP contribution in [0.1, 0.15) is 57.7 Å². The first-order valence-electron chi connectivity index (χ1n) is 7.65. The molecule has 2 unspecified atom stereocenters. The molecule has 114 valence electrons. The first-order valence-corrected chi connectivity index (χ1v) is 8.46. The van der Waals surface area contributed by atoms with Gasteiger partial charge in [0.15, 0.2) is 5.13 Å². The Morgan fingerprint density at radius 2 is 2.00 bits per heavy atom. The molecule has 0 spiro atoms. The fourth-order valence-corrected chi connectivity index (χ4v) is 4.17. The van der Waals surface area contributed by atoms with Crippen molar-refractivity contribution < 1.29 is 0 Å². The van der Waals surface area contributed by atoms with Gasteiger partial charge < -0.3 is 10.2 Å². The number of anilines is 1. The minimum absolute atomic E-state index is 0.342. The summed E-state index contributed by atoms with van der Waals surface area (Å²) in [6, 6.07) is 0.978. The average molecular weight is 295 g/mol. The van der Waals surface area contributed by atoms with Crippen LogP contribution in [-0.4, -0.2) is 25.1 Å². The van der Waals surface area contributed by atoms with Gasteiger partial charge in [-0.1, -0.05) is 39.0 Å². The maximum Gasteiger partial charge on any atom is 0.185 e. The quantitative estimate of drug-likeness (QED) is 0.914. The van der Waals surface area contributed by atoms with Crippen LogP contribution in [0.15, 0.2) is 0 Å². The molecule has 0 aliphatic heterocycles. The average Bonchev–Trinajstić information content (AvgIpc) is 2.77. The van der Waals surface area contributed by atoms with Crippen LogP contribution in [0.3, 0.4) is 0 Å². The van der Waals surface area contributed by atoms with E-state index >= 15 is 0 Å². The number of thiazole rings is 1. The van der Waals surface area contributed by atoms with E-state index in [1.807, 2.05) is 11.3 Å². The Morgan fingerprint density at radius 3 is 2.55 bits per heavy atom. The summed E-state index contributed by atoms with van der Waals surface area (Å²) in [6.07, 6.45) is 2.29. The van der Waals surface area contributed by atoms with Gasteiger partial charge in [0.2, 0.25) is 0 Å². The molecular formula is C16H29N3S. The second-order valence-corrected chi connectivity index (χ2v) is 8.30. The molecular weight excluding hydrogens is 266 g/mol. The van der Waals surface area contributed by atoms with E-state index in [9.17, 15) is 0 Å². The molecule has 2 atom stereocenters. The third-order valence-corrected chi connectivity index (χ3v) is 5.96. The largest absolute Gasteiger partial charge is 0.348 e. The van der Waals surface area contributed by atoms with Crippen LogP contribution in [-0.2, 0) is 6.42 Å². The number of fused-ring (bicyclic) bond motifs is 1. The van der Waals surface area contributed by atoms with Gasteiger partial charge in [-0.05, 0) is 38.1 Å². The lowest BCUT2D eigenvalue weighted by atomic mass is 9.76. The molecule has 0 bridgehead atoms. The number of hydrogen-bond donors (Lipinski definition) is 1. The van der Waals surface area contributed by atoms with Gasteiger partial charge in [0.05, 0.1) is 5.69 Å². The molecule has 1 aromatic rings. The Labute approximate surface area is 127 Å². The fourth-order valence-electron chi connectivity index (χ4n) is 2.93. The zero-order valence-corrected chi connectivity index (χ0v) is 14.8. The molecule has 1 heterocycles. The van der Waals surface area contributed by atoms with Crippen molar-refractivity contribution in [2.75, 3.05) is 19.0 Å². The highest BCUT2D eigenvalue weighted by Crippen LogP contribution is 2.44. The smallest absolute Gasteiger partial charge is 0.185 e. The summed E-state index contributed by atoms with van der Waals surface area (Å²) in [5.41, 5.74) is 1.65. The third kappa shape index (κ3) is 3.01. The van der Waals surface area contributed by atoms with E-state index < -0.39 is 0 Å². The Hall–Kier alpha value is -0.610. The molecule has 0 amide bonds. The van der Waals surface area contributed by atoms with Gasteiger partial charge in [0.25, 0.3) is 0 Å². The number of nitrogens with zero attached hydrogens (tertiary/aromatic N) is 2. The molecule has 2 rings (SSSR count). The predicted molar refractivity (Wildman–Crippen MR) is 88.7 cm³/mol. The van der Waals surface area contributed by atoms with Crippen molar-refractivity contribution >= 4 is 16.5 Å². The van der Waals surface area contributed by atoms with Gasteiger partial charge in [-0.2, -0.15) is 0 Å². The second kappa shape index (κ2) is 5.64. The van der Waals surface area contributed by atoms with Gasteiger partial charge >= 0.3 is 0 Å². The lowest BCUT2D eigenvalue weighted by Crippen LogP contribution is -2.33. The summed E-state index contributed by atoms with van der Waals surface area (Å²) >= 11 is 1.87. The van der Waals surface area contributed by atoms with Gasteiger partial charge in [-0.3, -0.25) is 0 Å². The van der Waals surface area contributed by atoms with Crippen LogP contribution in [0, 0.1) is 11.3 Å². The number of aromatic nitrogens is 1. The molecule has 0 saturated heterocycles. The van der Waals surface area contributed by atoms with E-state index in [0.29, 0.717) is 23.4 Å². The fraction of sp³-hybridized carbons (Fsp3) is 0.812. The van der Waals surface area contributed by atoms with Crippen LogP contribution in [0.5, 0.6) is 0 Å². The molecule has 1 aliphatic carbocycles. The highest BCUT2D eigenvalue weighted by atomic mass is 32.1. The highest BCUT2D eigenvalue weighted by molar-refractivity contribution is 7.15. The molecule has 20 heavy (non-hydrogen) atoms. The van der Waals surface area contributed by atoms with E-state index in [1.54, 1.807) is 0 Å². The number of nitrogens with one attached hydrogen (secondary N) is 1. The van der Waals surface area contributed by atoms with E-state index in [2.05, 4.69) is 58.9 Å². The second-order valence-electron chi connectivity index (χ2n) is 7.29. The predicted octanol–water partition coefficient (Wildman–Crippen LogP) is 3.86. The van der Waals surface area contributed by atoms with Crippen LogP contribution < -0.4 is 10.2 Å². The Bertz CT molecular complexity index is 464. The normalized spacial score (nSPS) is 22.7. The summed E-state index contributed by atoms with van der Waals surface area (Å²) < 4.78 is 0. The van der Waals surface area contributed by atoms with Crippen molar-refractivity contribution in [3.63, 3.8) is 0 Å². The van der Waals surface area contributed by atoms with Crippen LogP contribution in [0.4, 0.5) is 5.13 Å². The lowest BCUT2D eigenvalue weighted by Gasteiger charge is -2.34. The van der Waals surface area contributed by atoms with Crippen molar-refractivity contribution in [3.05, 3.63) is 10.6 Å². The number of hydrogen-bond acceptors (Lipinski definition) is 4. The van der Waals surface area contributed by atoms with E-state index in [0.717, 1.165) is 6.42 Å². The minimum Gasteiger partial charge on any atom is -0.348 e. The zero-order valence-electron chi connectivity index (χ0n) is 13.9. The number of rotatable bonds is 4. The molecule has 0 aromatic carbocycles. The van der Waals surface area contributed by atoms with Crippen LogP contribution in [0.25, 0.3) is 0 Å². The SMILES string of the molecule is CNC1CC(C)(C)Cc2nc(N(C)C(C)C(C)C)sc21. The molecule has 1 aromatic heterocycles. The summed E-state index contributed by atoms with van der Waals surface area (Å²) in [5.74, 6) is 0.637. The van der Waals surface area contributed by atoms with E-state index in [1.165, 1.54) is 22.1 Å². The molecule has 3 nitrogen and oxygen atoms in total. The summed E-state index contributed by atoms with van der Waals surface area (Å²) in [4.78, 5) is 8.74. The first-order chi connectivity index (χ1) is 9.25. The van der Waals surface area contributed by atoms with Gasteiger partial charge in [0.1, 0.15) is 0 Å². The van der Waals surface area contributed by atoms with Crippen molar-refractivity contribution in [2.24, 2.45) is 11.3 Å². The van der Waals surface area contributed by atoms with Crippen molar-refractivity contribution in [3.8, 4) is 0 Å². The third-order valence-electron chi connectivity index (χ3n) is 4.66. The molecule has 0 saturated carbocycles.